The molecule has 2 aliphatic rings. The Kier molecular flexibility index (Phi) is 4.59. The topological polar surface area (TPSA) is 32.3 Å². The molecule has 1 N–H and O–H groups in total. The lowest BCUT2D eigenvalue weighted by atomic mass is 9.95. The van der Waals surface area contributed by atoms with Crippen LogP contribution in [-0.4, -0.2) is 29.4 Å². The molecular formula is C18H26N2O. The van der Waals surface area contributed by atoms with Gasteiger partial charge in [-0.05, 0) is 37.3 Å². The molecule has 1 unspecified atom stereocenters. The number of amides is 1. The van der Waals surface area contributed by atoms with Crippen molar-refractivity contribution in [2.24, 2.45) is 0 Å². The van der Waals surface area contributed by atoms with Crippen molar-refractivity contribution >= 4 is 5.91 Å². The van der Waals surface area contributed by atoms with Crippen molar-refractivity contribution in [1.29, 1.82) is 0 Å². The lowest BCUT2D eigenvalue weighted by Crippen LogP contribution is -2.49. The summed E-state index contributed by atoms with van der Waals surface area (Å²) < 4.78 is 0. The molecule has 1 saturated carbocycles. The molecule has 1 atom stereocenters. The predicted molar refractivity (Wildman–Crippen MR) is 85.0 cm³/mol. The second kappa shape index (κ2) is 6.61. The first kappa shape index (κ1) is 14.6. The summed E-state index contributed by atoms with van der Waals surface area (Å²) in [5.41, 5.74) is 2.81. The van der Waals surface area contributed by atoms with Gasteiger partial charge in [0.15, 0.2) is 0 Å². The molecule has 0 radical (unpaired) electrons. The van der Waals surface area contributed by atoms with E-state index >= 15 is 0 Å². The second-order valence-corrected chi connectivity index (χ2v) is 6.51. The Morgan fingerprint density at radius 1 is 1.19 bits per heavy atom. The predicted octanol–water partition coefficient (Wildman–Crippen LogP) is 2.88. The van der Waals surface area contributed by atoms with Crippen LogP contribution in [0, 0.1) is 0 Å². The normalized spacial score (nSPS) is 21.6. The molecule has 0 spiro atoms. The van der Waals surface area contributed by atoms with Gasteiger partial charge in [0.05, 0.1) is 6.04 Å². The van der Waals surface area contributed by atoms with Crippen LogP contribution in [-0.2, 0) is 17.8 Å². The molecule has 1 aromatic carbocycles. The van der Waals surface area contributed by atoms with E-state index in [4.69, 9.17) is 0 Å². The average molecular weight is 286 g/mol. The van der Waals surface area contributed by atoms with Crippen molar-refractivity contribution in [3.63, 3.8) is 0 Å². The third-order valence-corrected chi connectivity index (χ3v) is 5.04. The lowest BCUT2D eigenvalue weighted by Gasteiger charge is -2.34. The van der Waals surface area contributed by atoms with Crippen LogP contribution in [0.4, 0.5) is 0 Å². The van der Waals surface area contributed by atoms with E-state index in [1.807, 2.05) is 6.92 Å². The van der Waals surface area contributed by atoms with E-state index in [-0.39, 0.29) is 11.9 Å². The van der Waals surface area contributed by atoms with Gasteiger partial charge < -0.3 is 5.32 Å². The maximum absolute atomic E-state index is 12.5. The summed E-state index contributed by atoms with van der Waals surface area (Å²) in [5.74, 6) is 0.210. The van der Waals surface area contributed by atoms with Crippen LogP contribution in [0.1, 0.15) is 50.2 Å². The number of carbonyl (C=O) groups is 1. The fraction of sp³-hybridized carbons (Fsp3) is 0.611. The van der Waals surface area contributed by atoms with Crippen molar-refractivity contribution in [3.8, 4) is 0 Å². The zero-order valence-electron chi connectivity index (χ0n) is 13.0. The standard InChI is InChI=1S/C18H26N2O/c1-14(18(21)19-17-9-3-2-4-10-17)20-12-11-15-7-5-6-8-16(15)13-20/h5-8,14,17H,2-4,9-13H2,1H3,(H,19,21). The minimum Gasteiger partial charge on any atom is -0.352 e. The first-order valence-electron chi connectivity index (χ1n) is 8.35. The van der Waals surface area contributed by atoms with E-state index in [0.717, 1.165) is 32.4 Å². The molecule has 114 valence electrons. The number of nitrogens with one attached hydrogen (secondary N) is 1. The van der Waals surface area contributed by atoms with Crippen LogP contribution in [0.15, 0.2) is 24.3 Å². The summed E-state index contributed by atoms with van der Waals surface area (Å²) in [4.78, 5) is 14.8. The molecule has 0 bridgehead atoms. The summed E-state index contributed by atoms with van der Waals surface area (Å²) in [6.07, 6.45) is 7.21. The molecule has 3 rings (SSSR count). The van der Waals surface area contributed by atoms with Crippen molar-refractivity contribution in [3.05, 3.63) is 35.4 Å². The quantitative estimate of drug-likeness (QED) is 0.926. The van der Waals surface area contributed by atoms with E-state index in [1.54, 1.807) is 0 Å². The van der Waals surface area contributed by atoms with Gasteiger partial charge in [0.25, 0.3) is 0 Å². The summed E-state index contributed by atoms with van der Waals surface area (Å²) in [6.45, 7) is 3.93. The average Bonchev–Trinajstić information content (AvgIpc) is 2.54. The first-order chi connectivity index (χ1) is 10.2. The Labute approximate surface area is 127 Å². The third-order valence-electron chi connectivity index (χ3n) is 5.04. The second-order valence-electron chi connectivity index (χ2n) is 6.51. The van der Waals surface area contributed by atoms with Crippen molar-refractivity contribution in [2.75, 3.05) is 6.54 Å². The van der Waals surface area contributed by atoms with Gasteiger partial charge in [0.2, 0.25) is 5.91 Å². The van der Waals surface area contributed by atoms with Gasteiger partial charge in [-0.15, -0.1) is 0 Å². The molecule has 0 saturated heterocycles. The number of hydrogen-bond acceptors (Lipinski definition) is 2. The van der Waals surface area contributed by atoms with E-state index in [2.05, 4.69) is 34.5 Å². The van der Waals surface area contributed by atoms with Crippen molar-refractivity contribution in [1.82, 2.24) is 10.2 Å². The zero-order valence-corrected chi connectivity index (χ0v) is 13.0. The molecule has 0 aromatic heterocycles. The summed E-state index contributed by atoms with van der Waals surface area (Å²) in [6, 6.07) is 8.97. The van der Waals surface area contributed by atoms with Gasteiger partial charge in [-0.1, -0.05) is 43.5 Å². The van der Waals surface area contributed by atoms with Crippen LogP contribution in [0.5, 0.6) is 0 Å². The highest BCUT2D eigenvalue weighted by molar-refractivity contribution is 5.81. The lowest BCUT2D eigenvalue weighted by molar-refractivity contribution is -0.127. The van der Waals surface area contributed by atoms with Gasteiger partial charge in [0.1, 0.15) is 0 Å². The largest absolute Gasteiger partial charge is 0.352 e. The number of benzene rings is 1. The summed E-state index contributed by atoms with van der Waals surface area (Å²) in [7, 11) is 0. The zero-order chi connectivity index (χ0) is 14.7. The summed E-state index contributed by atoms with van der Waals surface area (Å²) in [5, 5.41) is 3.26. The number of nitrogens with zero attached hydrogens (tertiary/aromatic N) is 1. The smallest absolute Gasteiger partial charge is 0.237 e. The third kappa shape index (κ3) is 3.46. The van der Waals surface area contributed by atoms with Gasteiger partial charge in [0, 0.05) is 19.1 Å². The maximum atomic E-state index is 12.5. The van der Waals surface area contributed by atoms with E-state index in [0.29, 0.717) is 6.04 Å². The van der Waals surface area contributed by atoms with Crippen molar-refractivity contribution < 1.29 is 4.79 Å². The molecule has 1 aromatic rings. The van der Waals surface area contributed by atoms with Gasteiger partial charge >= 0.3 is 0 Å². The number of hydrogen-bond donors (Lipinski definition) is 1. The van der Waals surface area contributed by atoms with Crippen LogP contribution in [0.25, 0.3) is 0 Å². The molecule has 1 amide bonds. The van der Waals surface area contributed by atoms with Crippen LogP contribution < -0.4 is 5.32 Å². The molecule has 21 heavy (non-hydrogen) atoms. The fourth-order valence-electron chi connectivity index (χ4n) is 3.58. The van der Waals surface area contributed by atoms with Gasteiger partial charge in [-0.2, -0.15) is 0 Å². The van der Waals surface area contributed by atoms with E-state index in [1.165, 1.54) is 30.4 Å². The Hall–Kier alpha value is -1.35. The Morgan fingerprint density at radius 2 is 1.90 bits per heavy atom. The minimum atomic E-state index is -0.0275. The molecule has 3 nitrogen and oxygen atoms in total. The highest BCUT2D eigenvalue weighted by Gasteiger charge is 2.26. The highest BCUT2D eigenvalue weighted by Crippen LogP contribution is 2.21. The van der Waals surface area contributed by atoms with Crippen LogP contribution in [0.3, 0.4) is 0 Å². The summed E-state index contributed by atoms with van der Waals surface area (Å²) >= 11 is 0. The van der Waals surface area contributed by atoms with Crippen molar-refractivity contribution in [2.45, 2.75) is 64.1 Å². The van der Waals surface area contributed by atoms with Crippen LogP contribution in [0.2, 0.25) is 0 Å². The van der Waals surface area contributed by atoms with Gasteiger partial charge in [-0.25, -0.2) is 0 Å². The Balaban J connectivity index is 1.58. The molecule has 1 heterocycles. The minimum absolute atomic E-state index is 0.0275. The molecular weight excluding hydrogens is 260 g/mol. The molecule has 1 aliphatic heterocycles. The SMILES string of the molecule is CC(C(=O)NC1CCCCC1)N1CCc2ccccc2C1. The van der Waals surface area contributed by atoms with E-state index < -0.39 is 0 Å². The van der Waals surface area contributed by atoms with Crippen LogP contribution >= 0.6 is 0 Å². The maximum Gasteiger partial charge on any atom is 0.237 e. The highest BCUT2D eigenvalue weighted by atomic mass is 16.2. The Bertz CT molecular complexity index is 494. The monoisotopic (exact) mass is 286 g/mol. The molecule has 1 fully saturated rings. The number of fused-ring (bicyclic) bond motifs is 1. The first-order valence-corrected chi connectivity index (χ1v) is 8.35. The number of carbonyl (C=O) groups excluding carboxylic acids is 1. The fourth-order valence-corrected chi connectivity index (χ4v) is 3.58. The number of rotatable bonds is 3. The Morgan fingerprint density at radius 3 is 2.67 bits per heavy atom. The molecule has 1 aliphatic carbocycles. The van der Waals surface area contributed by atoms with Gasteiger partial charge in [-0.3, -0.25) is 9.69 Å². The molecule has 3 heteroatoms. The van der Waals surface area contributed by atoms with E-state index in [9.17, 15) is 4.79 Å².